The number of amides is 2. The van der Waals surface area contributed by atoms with Gasteiger partial charge in [-0.05, 0) is 42.5 Å². The van der Waals surface area contributed by atoms with Gasteiger partial charge in [-0.25, -0.2) is 0 Å². The molecule has 2 fully saturated rings. The highest BCUT2D eigenvalue weighted by Gasteiger charge is 2.28. The molecule has 2 unspecified atom stereocenters. The number of rotatable bonds is 3. The van der Waals surface area contributed by atoms with Crippen molar-refractivity contribution in [1.29, 1.82) is 0 Å². The Balaban J connectivity index is 0.00000261. The minimum absolute atomic E-state index is 0. The fourth-order valence-electron chi connectivity index (χ4n) is 4.08. The number of anilines is 1. The van der Waals surface area contributed by atoms with Crippen molar-refractivity contribution in [3.8, 4) is 0 Å². The molecule has 0 spiro atoms. The Morgan fingerprint density at radius 2 is 1.52 bits per heavy atom. The van der Waals surface area contributed by atoms with Gasteiger partial charge in [0, 0.05) is 50.5 Å². The van der Waals surface area contributed by atoms with Gasteiger partial charge in [-0.3, -0.25) is 14.5 Å². The van der Waals surface area contributed by atoms with E-state index < -0.39 is 0 Å². The maximum atomic E-state index is 12.6. The summed E-state index contributed by atoms with van der Waals surface area (Å²) in [5.74, 6) is 1.42. The second-order valence-electron chi connectivity index (χ2n) is 7.94. The van der Waals surface area contributed by atoms with Crippen LogP contribution in [0, 0.1) is 11.8 Å². The first-order valence-electron chi connectivity index (χ1n) is 9.57. The second-order valence-corrected chi connectivity index (χ2v) is 7.94. The van der Waals surface area contributed by atoms with Crippen LogP contribution in [0.4, 0.5) is 5.69 Å². The SMILES string of the molecule is CC1CC(C)CN(C(=O)CN2CCN(C(=O)c3ccc(N)cc3)CC2)C1.Cl. The molecule has 0 bridgehead atoms. The number of carbonyl (C=O) groups is 2. The molecule has 2 heterocycles. The highest BCUT2D eigenvalue weighted by molar-refractivity contribution is 5.94. The maximum Gasteiger partial charge on any atom is 0.253 e. The number of hydrogen-bond donors (Lipinski definition) is 1. The van der Waals surface area contributed by atoms with E-state index in [4.69, 9.17) is 5.73 Å². The summed E-state index contributed by atoms with van der Waals surface area (Å²) in [7, 11) is 0. The molecule has 7 heteroatoms. The summed E-state index contributed by atoms with van der Waals surface area (Å²) in [6.07, 6.45) is 1.20. The van der Waals surface area contributed by atoms with E-state index in [0.717, 1.165) is 26.2 Å². The number of benzene rings is 1. The molecule has 1 aromatic carbocycles. The topological polar surface area (TPSA) is 69.9 Å². The summed E-state index contributed by atoms with van der Waals surface area (Å²) in [6.45, 7) is 9.44. The number of halogens is 1. The van der Waals surface area contributed by atoms with Crippen LogP contribution >= 0.6 is 12.4 Å². The Morgan fingerprint density at radius 3 is 2.07 bits per heavy atom. The minimum atomic E-state index is 0. The normalized spacial score (nSPS) is 23.6. The molecule has 27 heavy (non-hydrogen) atoms. The predicted molar refractivity (Wildman–Crippen MR) is 110 cm³/mol. The van der Waals surface area contributed by atoms with Crippen LogP contribution in [-0.2, 0) is 4.79 Å². The first-order valence-corrected chi connectivity index (χ1v) is 9.57. The van der Waals surface area contributed by atoms with Crippen LogP contribution in [0.5, 0.6) is 0 Å². The van der Waals surface area contributed by atoms with Gasteiger partial charge in [-0.15, -0.1) is 12.4 Å². The van der Waals surface area contributed by atoms with E-state index >= 15 is 0 Å². The molecular formula is C20H31ClN4O2. The lowest BCUT2D eigenvalue weighted by Crippen LogP contribution is -2.53. The van der Waals surface area contributed by atoms with Crippen LogP contribution in [-0.4, -0.2) is 72.3 Å². The van der Waals surface area contributed by atoms with Gasteiger partial charge in [-0.2, -0.15) is 0 Å². The zero-order valence-corrected chi connectivity index (χ0v) is 17.1. The van der Waals surface area contributed by atoms with Crippen LogP contribution < -0.4 is 5.73 Å². The van der Waals surface area contributed by atoms with E-state index in [-0.39, 0.29) is 24.2 Å². The van der Waals surface area contributed by atoms with Gasteiger partial charge in [0.2, 0.25) is 5.91 Å². The van der Waals surface area contributed by atoms with Gasteiger partial charge in [0.25, 0.3) is 5.91 Å². The van der Waals surface area contributed by atoms with Gasteiger partial charge in [0.15, 0.2) is 0 Å². The van der Waals surface area contributed by atoms with Crippen LogP contribution in [0.1, 0.15) is 30.6 Å². The van der Waals surface area contributed by atoms with Crippen molar-refractivity contribution in [3.63, 3.8) is 0 Å². The molecule has 150 valence electrons. The molecule has 2 saturated heterocycles. The number of piperidine rings is 1. The lowest BCUT2D eigenvalue weighted by Gasteiger charge is -2.38. The zero-order chi connectivity index (χ0) is 18.7. The summed E-state index contributed by atoms with van der Waals surface area (Å²) < 4.78 is 0. The lowest BCUT2D eigenvalue weighted by atomic mass is 9.92. The van der Waals surface area contributed by atoms with E-state index in [9.17, 15) is 9.59 Å². The van der Waals surface area contributed by atoms with E-state index in [2.05, 4.69) is 18.7 Å². The van der Waals surface area contributed by atoms with E-state index in [1.54, 1.807) is 24.3 Å². The Labute approximate surface area is 168 Å². The molecule has 0 aliphatic carbocycles. The fraction of sp³-hybridized carbons (Fsp3) is 0.600. The second kappa shape index (κ2) is 9.42. The smallest absolute Gasteiger partial charge is 0.253 e. The summed E-state index contributed by atoms with van der Waals surface area (Å²) in [5.41, 5.74) is 7.01. The number of nitrogens with two attached hydrogens (primary N) is 1. The summed E-state index contributed by atoms with van der Waals surface area (Å²) in [6, 6.07) is 7.05. The van der Waals surface area contributed by atoms with Crippen LogP contribution in [0.3, 0.4) is 0 Å². The van der Waals surface area contributed by atoms with Crippen LogP contribution in [0.25, 0.3) is 0 Å². The minimum Gasteiger partial charge on any atom is -0.399 e. The molecule has 2 aliphatic rings. The van der Waals surface area contributed by atoms with Crippen molar-refractivity contribution in [2.24, 2.45) is 11.8 Å². The van der Waals surface area contributed by atoms with Crippen molar-refractivity contribution in [2.45, 2.75) is 20.3 Å². The Morgan fingerprint density at radius 1 is 0.963 bits per heavy atom. The van der Waals surface area contributed by atoms with Crippen molar-refractivity contribution in [3.05, 3.63) is 29.8 Å². The Bertz CT molecular complexity index is 634. The largest absolute Gasteiger partial charge is 0.399 e. The summed E-state index contributed by atoms with van der Waals surface area (Å²) in [5, 5.41) is 0. The predicted octanol–water partition coefficient (Wildman–Crippen LogP) is 1.95. The third-order valence-electron chi connectivity index (χ3n) is 5.40. The summed E-state index contributed by atoms with van der Waals surface area (Å²) >= 11 is 0. The first-order chi connectivity index (χ1) is 12.4. The molecule has 3 rings (SSSR count). The molecular weight excluding hydrogens is 364 g/mol. The third-order valence-corrected chi connectivity index (χ3v) is 5.40. The zero-order valence-electron chi connectivity index (χ0n) is 16.3. The highest BCUT2D eigenvalue weighted by atomic mass is 35.5. The van der Waals surface area contributed by atoms with Crippen molar-refractivity contribution >= 4 is 29.9 Å². The standard InChI is InChI=1S/C20H30N4O2.ClH/c1-15-11-16(2)13-24(12-15)19(25)14-22-7-9-23(10-8-22)20(26)17-3-5-18(21)6-4-17;/h3-6,15-16H,7-14,21H2,1-2H3;1H. The van der Waals surface area contributed by atoms with Gasteiger partial charge < -0.3 is 15.5 Å². The highest BCUT2D eigenvalue weighted by Crippen LogP contribution is 2.21. The van der Waals surface area contributed by atoms with Gasteiger partial charge in [0.05, 0.1) is 6.54 Å². The third kappa shape index (κ3) is 5.59. The quantitative estimate of drug-likeness (QED) is 0.795. The number of nitrogens with zero attached hydrogens (tertiary/aromatic N) is 3. The number of piperazine rings is 1. The fourth-order valence-corrected chi connectivity index (χ4v) is 4.08. The van der Waals surface area contributed by atoms with Gasteiger partial charge in [-0.1, -0.05) is 13.8 Å². The Kier molecular flexibility index (Phi) is 7.50. The van der Waals surface area contributed by atoms with Crippen LogP contribution in [0.15, 0.2) is 24.3 Å². The maximum absolute atomic E-state index is 12.6. The lowest BCUT2D eigenvalue weighted by molar-refractivity contribution is -0.135. The van der Waals surface area contributed by atoms with Crippen molar-refractivity contribution in [2.75, 3.05) is 51.5 Å². The molecule has 6 nitrogen and oxygen atoms in total. The summed E-state index contributed by atoms with van der Waals surface area (Å²) in [4.78, 5) is 31.2. The van der Waals surface area contributed by atoms with Crippen molar-refractivity contribution < 1.29 is 9.59 Å². The molecule has 0 radical (unpaired) electrons. The average molecular weight is 395 g/mol. The van der Waals surface area contributed by atoms with E-state index in [1.165, 1.54) is 6.42 Å². The van der Waals surface area contributed by atoms with Gasteiger partial charge >= 0.3 is 0 Å². The molecule has 0 saturated carbocycles. The van der Waals surface area contributed by atoms with Crippen molar-refractivity contribution in [1.82, 2.24) is 14.7 Å². The van der Waals surface area contributed by atoms with E-state index in [0.29, 0.717) is 42.7 Å². The molecule has 1 aromatic rings. The molecule has 2 aliphatic heterocycles. The van der Waals surface area contributed by atoms with E-state index in [1.807, 2.05) is 9.80 Å². The van der Waals surface area contributed by atoms with Crippen LogP contribution in [0.2, 0.25) is 0 Å². The number of hydrogen-bond acceptors (Lipinski definition) is 4. The molecule has 2 atom stereocenters. The average Bonchev–Trinajstić information content (AvgIpc) is 2.61. The molecule has 2 amide bonds. The molecule has 0 aromatic heterocycles. The number of nitrogen functional groups attached to an aromatic ring is 1. The molecule has 2 N–H and O–H groups in total. The number of likely N-dealkylation sites (tertiary alicyclic amines) is 1. The van der Waals surface area contributed by atoms with Gasteiger partial charge in [0.1, 0.15) is 0 Å². The Hall–Kier alpha value is -1.79. The first kappa shape index (κ1) is 21.5. The monoisotopic (exact) mass is 394 g/mol. The number of carbonyl (C=O) groups excluding carboxylic acids is 2.